The van der Waals surface area contributed by atoms with Crippen LogP contribution in [0.5, 0.6) is 0 Å². The van der Waals surface area contributed by atoms with Crippen LogP contribution in [0.3, 0.4) is 0 Å². The number of benzene rings is 2. The lowest BCUT2D eigenvalue weighted by atomic mass is 10.1. The third-order valence-electron chi connectivity index (χ3n) is 6.02. The van der Waals surface area contributed by atoms with Gasteiger partial charge in [0.1, 0.15) is 10.8 Å². The number of para-hydroxylation sites is 1. The fourth-order valence-electron chi connectivity index (χ4n) is 4.55. The van der Waals surface area contributed by atoms with E-state index in [-0.39, 0.29) is 0 Å². The largest absolute Gasteiger partial charge is 0.351 e. The predicted octanol–water partition coefficient (Wildman–Crippen LogP) is 4.40. The molecule has 2 bridgehead atoms. The zero-order chi connectivity index (χ0) is 18.0. The Balaban J connectivity index is 1.36. The Morgan fingerprint density at radius 2 is 1.85 bits per heavy atom. The maximum atomic E-state index is 4.97. The zero-order valence-corrected chi connectivity index (χ0v) is 16.0. The molecule has 2 unspecified atom stereocenters. The van der Waals surface area contributed by atoms with E-state index < -0.39 is 0 Å². The average Bonchev–Trinajstić information content (AvgIpc) is 3.40. The molecule has 0 saturated carbocycles. The normalized spacial score (nSPS) is 22.3. The van der Waals surface area contributed by atoms with Gasteiger partial charge in [0.2, 0.25) is 0 Å². The fraction of sp³-hybridized carbons (Fsp3) is 0.273. The Hall–Kier alpha value is -2.50. The number of likely N-dealkylation sites (tertiary alicyclic amines) is 1. The SMILES string of the molecule is CN1CC2CC1CN2c1ccc2cc(-c3nc4ccccc4s3)ccc2n1. The van der Waals surface area contributed by atoms with Gasteiger partial charge in [-0.05, 0) is 55.9 Å². The van der Waals surface area contributed by atoms with Crippen LogP contribution >= 0.6 is 11.3 Å². The fourth-order valence-corrected chi connectivity index (χ4v) is 5.51. The Labute approximate surface area is 162 Å². The molecule has 2 aromatic heterocycles. The lowest BCUT2D eigenvalue weighted by Crippen LogP contribution is -2.44. The van der Waals surface area contributed by atoms with Crippen LogP contribution in [0.15, 0.2) is 54.6 Å². The van der Waals surface area contributed by atoms with Crippen LogP contribution in [-0.4, -0.2) is 47.1 Å². The van der Waals surface area contributed by atoms with Crippen LogP contribution in [0.2, 0.25) is 0 Å². The first-order valence-corrected chi connectivity index (χ1v) is 10.3. The Bertz CT molecular complexity index is 1130. The summed E-state index contributed by atoms with van der Waals surface area (Å²) < 4.78 is 1.23. The quantitative estimate of drug-likeness (QED) is 0.522. The number of nitrogens with zero attached hydrogens (tertiary/aromatic N) is 4. The molecule has 0 aliphatic carbocycles. The Morgan fingerprint density at radius 3 is 2.67 bits per heavy atom. The van der Waals surface area contributed by atoms with Crippen molar-refractivity contribution in [3.05, 3.63) is 54.6 Å². The number of hydrogen-bond donors (Lipinski definition) is 0. The molecule has 2 aliphatic rings. The first kappa shape index (κ1) is 15.5. The van der Waals surface area contributed by atoms with Crippen LogP contribution < -0.4 is 4.90 Å². The molecule has 4 aromatic rings. The van der Waals surface area contributed by atoms with Crippen LogP contribution in [0.1, 0.15) is 6.42 Å². The second-order valence-electron chi connectivity index (χ2n) is 7.70. The third kappa shape index (κ3) is 2.46. The second kappa shape index (κ2) is 5.75. The van der Waals surface area contributed by atoms with E-state index in [9.17, 15) is 0 Å². The van der Waals surface area contributed by atoms with Crippen molar-refractivity contribution in [3.63, 3.8) is 0 Å². The van der Waals surface area contributed by atoms with Crippen molar-refractivity contribution in [2.45, 2.75) is 18.5 Å². The molecule has 2 aliphatic heterocycles. The van der Waals surface area contributed by atoms with Crippen molar-refractivity contribution >= 4 is 38.3 Å². The highest BCUT2D eigenvalue weighted by Gasteiger charge is 2.41. The number of likely N-dealkylation sites (N-methyl/N-ethyl adjacent to an activating group) is 1. The summed E-state index contributed by atoms with van der Waals surface area (Å²) in [5.41, 5.74) is 3.30. The minimum atomic E-state index is 0.618. The van der Waals surface area contributed by atoms with Gasteiger partial charge in [-0.1, -0.05) is 12.1 Å². The van der Waals surface area contributed by atoms with Crippen LogP contribution in [0.25, 0.3) is 31.7 Å². The summed E-state index contributed by atoms with van der Waals surface area (Å²) in [6.07, 6.45) is 1.27. The number of hydrogen-bond acceptors (Lipinski definition) is 5. The van der Waals surface area contributed by atoms with Gasteiger partial charge in [0.05, 0.1) is 15.7 Å². The summed E-state index contributed by atoms with van der Waals surface area (Å²) in [6.45, 7) is 2.25. The third-order valence-corrected chi connectivity index (χ3v) is 7.11. The minimum absolute atomic E-state index is 0.618. The lowest BCUT2D eigenvalue weighted by molar-refractivity contribution is 0.292. The maximum absolute atomic E-state index is 4.97. The molecule has 6 rings (SSSR count). The van der Waals surface area contributed by atoms with E-state index in [2.05, 4.69) is 65.4 Å². The zero-order valence-electron chi connectivity index (χ0n) is 15.2. The van der Waals surface area contributed by atoms with Crippen molar-refractivity contribution in [1.82, 2.24) is 14.9 Å². The van der Waals surface area contributed by atoms with E-state index in [0.717, 1.165) is 34.9 Å². The van der Waals surface area contributed by atoms with Crippen molar-refractivity contribution < 1.29 is 0 Å². The first-order chi connectivity index (χ1) is 13.2. The van der Waals surface area contributed by atoms with Crippen molar-refractivity contribution in [3.8, 4) is 10.6 Å². The molecular weight excluding hydrogens is 352 g/mol. The van der Waals surface area contributed by atoms with Gasteiger partial charge in [-0.15, -0.1) is 11.3 Å². The lowest BCUT2D eigenvalue weighted by Gasteiger charge is -2.32. The molecule has 2 aromatic carbocycles. The molecule has 27 heavy (non-hydrogen) atoms. The number of piperazine rings is 1. The van der Waals surface area contributed by atoms with Gasteiger partial charge in [-0.3, -0.25) is 4.90 Å². The molecule has 4 nitrogen and oxygen atoms in total. The van der Waals surface area contributed by atoms with E-state index in [1.54, 1.807) is 11.3 Å². The van der Waals surface area contributed by atoms with E-state index in [1.807, 2.05) is 6.07 Å². The van der Waals surface area contributed by atoms with Crippen LogP contribution in [0.4, 0.5) is 5.82 Å². The van der Waals surface area contributed by atoms with Crippen molar-refractivity contribution in [2.24, 2.45) is 0 Å². The highest BCUT2D eigenvalue weighted by atomic mass is 32.1. The highest BCUT2D eigenvalue weighted by molar-refractivity contribution is 7.21. The average molecular weight is 372 g/mol. The molecule has 5 heteroatoms. The van der Waals surface area contributed by atoms with Gasteiger partial charge >= 0.3 is 0 Å². The Kier molecular flexibility index (Phi) is 3.31. The van der Waals surface area contributed by atoms with Gasteiger partial charge < -0.3 is 4.90 Å². The molecular formula is C22H20N4S. The molecule has 134 valence electrons. The summed E-state index contributed by atoms with van der Waals surface area (Å²) in [5, 5.41) is 2.25. The molecule has 0 N–H and O–H groups in total. The predicted molar refractivity (Wildman–Crippen MR) is 113 cm³/mol. The number of thiazole rings is 1. The van der Waals surface area contributed by atoms with E-state index in [0.29, 0.717) is 12.1 Å². The molecule has 2 atom stereocenters. The van der Waals surface area contributed by atoms with Crippen molar-refractivity contribution in [2.75, 3.05) is 25.0 Å². The maximum Gasteiger partial charge on any atom is 0.129 e. The smallest absolute Gasteiger partial charge is 0.129 e. The molecule has 2 saturated heterocycles. The molecule has 0 amide bonds. The van der Waals surface area contributed by atoms with Crippen LogP contribution in [0, 0.1) is 0 Å². The standard InChI is InChI=1S/C22H20N4S/c1-25-12-17-11-16(25)13-26(17)21-9-7-14-10-15(6-8-18(14)23-21)22-24-19-4-2-3-5-20(19)27-22/h2-10,16-17H,11-13H2,1H3. The number of fused-ring (bicyclic) bond motifs is 4. The molecule has 0 radical (unpaired) electrons. The summed E-state index contributed by atoms with van der Waals surface area (Å²) in [4.78, 5) is 14.7. The summed E-state index contributed by atoms with van der Waals surface area (Å²) >= 11 is 1.75. The van der Waals surface area contributed by atoms with Crippen molar-refractivity contribution in [1.29, 1.82) is 0 Å². The van der Waals surface area contributed by atoms with Gasteiger partial charge in [-0.25, -0.2) is 9.97 Å². The summed E-state index contributed by atoms with van der Waals surface area (Å²) in [5.74, 6) is 1.12. The summed E-state index contributed by atoms with van der Waals surface area (Å²) in [7, 11) is 2.24. The monoisotopic (exact) mass is 372 g/mol. The topological polar surface area (TPSA) is 32.3 Å². The van der Waals surface area contributed by atoms with Gasteiger partial charge in [0, 0.05) is 36.1 Å². The van der Waals surface area contributed by atoms with Gasteiger partial charge in [0.15, 0.2) is 0 Å². The molecule has 2 fully saturated rings. The number of anilines is 1. The van der Waals surface area contributed by atoms with Gasteiger partial charge in [-0.2, -0.15) is 0 Å². The second-order valence-corrected chi connectivity index (χ2v) is 8.73. The van der Waals surface area contributed by atoms with E-state index >= 15 is 0 Å². The molecule has 4 heterocycles. The Morgan fingerprint density at radius 1 is 0.926 bits per heavy atom. The summed E-state index contributed by atoms with van der Waals surface area (Å²) in [6, 6.07) is 20.5. The number of rotatable bonds is 2. The van der Waals surface area contributed by atoms with E-state index in [1.165, 1.54) is 22.1 Å². The first-order valence-electron chi connectivity index (χ1n) is 9.48. The minimum Gasteiger partial charge on any atom is -0.351 e. The highest BCUT2D eigenvalue weighted by Crippen LogP contribution is 2.35. The molecule has 0 spiro atoms. The number of pyridine rings is 1. The number of aromatic nitrogens is 2. The van der Waals surface area contributed by atoms with Gasteiger partial charge in [0.25, 0.3) is 0 Å². The van der Waals surface area contributed by atoms with E-state index in [4.69, 9.17) is 9.97 Å². The van der Waals surface area contributed by atoms with Crippen LogP contribution in [-0.2, 0) is 0 Å².